The summed E-state index contributed by atoms with van der Waals surface area (Å²) in [4.78, 5) is 9.98. The van der Waals surface area contributed by atoms with Crippen molar-refractivity contribution >= 4 is 55.4 Å². The molecule has 0 amide bonds. The summed E-state index contributed by atoms with van der Waals surface area (Å²) in [6, 6.07) is 49.3. The van der Waals surface area contributed by atoms with E-state index in [0.717, 1.165) is 66.6 Å². The number of para-hydroxylation sites is 2. The lowest BCUT2D eigenvalue weighted by Gasteiger charge is -2.24. The van der Waals surface area contributed by atoms with Crippen LogP contribution in [0.1, 0.15) is 28.4 Å². The number of nitrogens with zero attached hydrogens (tertiary/aromatic N) is 4. The number of fused-ring (bicyclic) bond motifs is 7. The Morgan fingerprint density at radius 2 is 1.43 bits per heavy atom. The molecule has 2 aromatic heterocycles. The SMILES string of the molecule is N#Cc1cccc(C2N=C(c3ccc(-n4c5ccccc5c5ccc6c7ccccc7oc6c54)cc3)N=C(c3ccccc3)N2)c1. The Balaban J connectivity index is 1.20. The standard InChI is InChI=1S/C40H25N5O/c41-24-25-9-8-12-28(23-25)40-43-38(26-10-2-1-3-11-26)42-39(44-40)27-17-19-29(20-18-27)45-34-15-6-4-13-30(34)32-21-22-33-31-14-5-7-16-35(31)46-37(33)36(32)45/h1-23,40H,(H,42,43,44). The minimum atomic E-state index is -0.394. The van der Waals surface area contributed by atoms with E-state index >= 15 is 0 Å². The summed E-state index contributed by atoms with van der Waals surface area (Å²) in [7, 11) is 0. The van der Waals surface area contributed by atoms with Crippen LogP contribution in [0, 0.1) is 11.3 Å². The summed E-state index contributed by atoms with van der Waals surface area (Å²) in [5, 5.41) is 17.5. The molecule has 1 aliphatic rings. The quantitative estimate of drug-likeness (QED) is 0.222. The van der Waals surface area contributed by atoms with Gasteiger partial charge in [0.05, 0.1) is 22.7 Å². The van der Waals surface area contributed by atoms with Crippen LogP contribution in [0.5, 0.6) is 0 Å². The van der Waals surface area contributed by atoms with Crippen molar-refractivity contribution < 1.29 is 4.42 Å². The Labute approximate surface area is 264 Å². The fourth-order valence-electron chi connectivity index (χ4n) is 6.53. The van der Waals surface area contributed by atoms with E-state index in [9.17, 15) is 5.26 Å². The summed E-state index contributed by atoms with van der Waals surface area (Å²) in [6.45, 7) is 0. The topological polar surface area (TPSA) is 78.6 Å². The van der Waals surface area contributed by atoms with Crippen molar-refractivity contribution in [3.63, 3.8) is 0 Å². The lowest BCUT2D eigenvalue weighted by molar-refractivity contribution is 0.671. The number of rotatable bonds is 4. The fraction of sp³-hybridized carbons (Fsp3) is 0.0250. The average molecular weight is 592 g/mol. The highest BCUT2D eigenvalue weighted by Gasteiger charge is 2.22. The molecule has 0 saturated heterocycles. The van der Waals surface area contributed by atoms with E-state index in [4.69, 9.17) is 14.4 Å². The van der Waals surface area contributed by atoms with Crippen LogP contribution in [0.15, 0.2) is 154 Å². The van der Waals surface area contributed by atoms with Crippen LogP contribution in [0.4, 0.5) is 0 Å². The highest BCUT2D eigenvalue weighted by Crippen LogP contribution is 2.40. The Morgan fingerprint density at radius 1 is 0.674 bits per heavy atom. The van der Waals surface area contributed by atoms with Gasteiger partial charge in [0.25, 0.3) is 0 Å². The van der Waals surface area contributed by atoms with E-state index < -0.39 is 6.17 Å². The lowest BCUT2D eigenvalue weighted by Crippen LogP contribution is -2.33. The van der Waals surface area contributed by atoms with E-state index in [1.54, 1.807) is 6.07 Å². The Kier molecular flexibility index (Phi) is 5.84. The number of furan rings is 1. The number of benzene rings is 6. The molecular weight excluding hydrogens is 566 g/mol. The molecule has 0 aliphatic carbocycles. The molecule has 0 spiro atoms. The van der Waals surface area contributed by atoms with Crippen LogP contribution >= 0.6 is 0 Å². The largest absolute Gasteiger partial charge is 0.454 e. The second-order valence-corrected chi connectivity index (χ2v) is 11.4. The predicted octanol–water partition coefficient (Wildman–Crippen LogP) is 9.05. The number of aliphatic imine (C=N–C) groups is 2. The number of hydrogen-bond acceptors (Lipinski definition) is 5. The smallest absolute Gasteiger partial charge is 0.160 e. The third-order valence-electron chi connectivity index (χ3n) is 8.68. The van der Waals surface area contributed by atoms with E-state index in [0.29, 0.717) is 11.4 Å². The first kappa shape index (κ1) is 26.0. The summed E-state index contributed by atoms with van der Waals surface area (Å²) < 4.78 is 8.81. The average Bonchev–Trinajstić information content (AvgIpc) is 3.68. The van der Waals surface area contributed by atoms with Gasteiger partial charge in [0.1, 0.15) is 17.6 Å². The first-order valence-electron chi connectivity index (χ1n) is 15.2. The number of nitriles is 1. The van der Waals surface area contributed by atoms with Crippen molar-refractivity contribution in [3.05, 3.63) is 162 Å². The normalized spacial score (nSPS) is 14.7. The highest BCUT2D eigenvalue weighted by atomic mass is 16.3. The minimum Gasteiger partial charge on any atom is -0.454 e. The van der Waals surface area contributed by atoms with Gasteiger partial charge in [-0.1, -0.05) is 84.9 Å². The van der Waals surface area contributed by atoms with Gasteiger partial charge >= 0.3 is 0 Å². The van der Waals surface area contributed by atoms with Gasteiger partial charge in [0.15, 0.2) is 11.4 Å². The maximum Gasteiger partial charge on any atom is 0.160 e. The summed E-state index contributed by atoms with van der Waals surface area (Å²) >= 11 is 0. The molecule has 6 nitrogen and oxygen atoms in total. The predicted molar refractivity (Wildman–Crippen MR) is 185 cm³/mol. The molecular formula is C40H25N5O. The number of amidine groups is 2. The maximum absolute atomic E-state index is 9.51. The fourth-order valence-corrected chi connectivity index (χ4v) is 6.53. The second kappa shape index (κ2) is 10.3. The van der Waals surface area contributed by atoms with E-state index in [1.807, 2.05) is 60.7 Å². The number of nitrogens with one attached hydrogen (secondary N) is 1. The van der Waals surface area contributed by atoms with Crippen molar-refractivity contribution in [1.82, 2.24) is 9.88 Å². The number of hydrogen-bond donors (Lipinski definition) is 1. The first-order chi connectivity index (χ1) is 22.7. The molecule has 1 N–H and O–H groups in total. The summed E-state index contributed by atoms with van der Waals surface area (Å²) in [5.41, 5.74) is 8.28. The monoisotopic (exact) mass is 591 g/mol. The van der Waals surface area contributed by atoms with Crippen LogP contribution in [0.2, 0.25) is 0 Å². The molecule has 0 radical (unpaired) electrons. The molecule has 1 unspecified atom stereocenters. The van der Waals surface area contributed by atoms with Crippen LogP contribution in [0.25, 0.3) is 49.4 Å². The zero-order valence-corrected chi connectivity index (χ0v) is 24.6. The van der Waals surface area contributed by atoms with Crippen LogP contribution in [0.3, 0.4) is 0 Å². The molecule has 216 valence electrons. The maximum atomic E-state index is 9.51. The highest BCUT2D eigenvalue weighted by molar-refractivity contribution is 6.21. The molecule has 0 fully saturated rings. The molecule has 1 aliphatic heterocycles. The molecule has 6 aromatic carbocycles. The molecule has 6 heteroatoms. The zero-order valence-electron chi connectivity index (χ0n) is 24.6. The Bertz CT molecular complexity index is 2570. The van der Waals surface area contributed by atoms with Crippen molar-refractivity contribution in [2.24, 2.45) is 9.98 Å². The van der Waals surface area contributed by atoms with Gasteiger partial charge in [-0.25, -0.2) is 9.98 Å². The van der Waals surface area contributed by atoms with E-state index in [2.05, 4.69) is 88.7 Å². The van der Waals surface area contributed by atoms with Crippen molar-refractivity contribution in [2.75, 3.05) is 0 Å². The van der Waals surface area contributed by atoms with Gasteiger partial charge in [-0.15, -0.1) is 0 Å². The Morgan fingerprint density at radius 3 is 2.28 bits per heavy atom. The molecule has 0 saturated carbocycles. The van der Waals surface area contributed by atoms with Crippen LogP contribution in [-0.4, -0.2) is 16.2 Å². The second-order valence-electron chi connectivity index (χ2n) is 11.4. The van der Waals surface area contributed by atoms with Gasteiger partial charge in [0.2, 0.25) is 0 Å². The Hall–Kier alpha value is -6.45. The van der Waals surface area contributed by atoms with Crippen LogP contribution < -0.4 is 5.32 Å². The van der Waals surface area contributed by atoms with Gasteiger partial charge < -0.3 is 14.3 Å². The van der Waals surface area contributed by atoms with Gasteiger partial charge in [-0.3, -0.25) is 0 Å². The third-order valence-corrected chi connectivity index (χ3v) is 8.68. The first-order valence-corrected chi connectivity index (χ1v) is 15.2. The zero-order chi connectivity index (χ0) is 30.6. The van der Waals surface area contributed by atoms with Gasteiger partial charge in [0, 0.05) is 38.4 Å². The molecule has 8 aromatic rings. The van der Waals surface area contributed by atoms with Crippen molar-refractivity contribution in [3.8, 4) is 11.8 Å². The van der Waals surface area contributed by atoms with Crippen LogP contribution in [-0.2, 0) is 0 Å². The molecule has 9 rings (SSSR count). The van der Waals surface area contributed by atoms with Crippen molar-refractivity contribution in [1.29, 1.82) is 5.26 Å². The van der Waals surface area contributed by atoms with Gasteiger partial charge in [-0.2, -0.15) is 5.26 Å². The van der Waals surface area contributed by atoms with E-state index in [1.165, 1.54) is 5.39 Å². The molecule has 46 heavy (non-hydrogen) atoms. The van der Waals surface area contributed by atoms with Gasteiger partial charge in [-0.05, 0) is 60.2 Å². The third kappa shape index (κ3) is 4.10. The summed E-state index contributed by atoms with van der Waals surface area (Å²) in [5.74, 6) is 1.36. The molecule has 3 heterocycles. The minimum absolute atomic E-state index is 0.394. The van der Waals surface area contributed by atoms with E-state index in [-0.39, 0.29) is 0 Å². The number of aromatic nitrogens is 1. The lowest BCUT2D eigenvalue weighted by atomic mass is 10.1. The summed E-state index contributed by atoms with van der Waals surface area (Å²) in [6.07, 6.45) is -0.394. The van der Waals surface area contributed by atoms with Crippen molar-refractivity contribution in [2.45, 2.75) is 6.17 Å². The molecule has 1 atom stereocenters. The molecule has 0 bridgehead atoms.